The number of anilines is 1. The van der Waals surface area contributed by atoms with Crippen LogP contribution in [0.3, 0.4) is 0 Å². The van der Waals surface area contributed by atoms with Crippen molar-refractivity contribution in [3.05, 3.63) is 46.1 Å². The van der Waals surface area contributed by atoms with Crippen molar-refractivity contribution < 1.29 is 14.4 Å². The lowest BCUT2D eigenvalue weighted by atomic mass is 10.0. The summed E-state index contributed by atoms with van der Waals surface area (Å²) in [7, 11) is 1.94. The summed E-state index contributed by atoms with van der Waals surface area (Å²) in [6.45, 7) is 2.72. The Bertz CT molecular complexity index is 1060. The van der Waals surface area contributed by atoms with Crippen LogP contribution in [0.4, 0.5) is 5.82 Å². The van der Waals surface area contributed by atoms with Gasteiger partial charge in [-0.1, -0.05) is 12.1 Å². The van der Waals surface area contributed by atoms with Crippen molar-refractivity contribution in [3.63, 3.8) is 0 Å². The van der Waals surface area contributed by atoms with Crippen molar-refractivity contribution >= 4 is 23.5 Å². The van der Waals surface area contributed by atoms with Crippen LogP contribution in [0.25, 0.3) is 0 Å². The maximum Gasteiger partial charge on any atom is 0.255 e. The predicted octanol–water partition coefficient (Wildman–Crippen LogP) is 0.439. The van der Waals surface area contributed by atoms with Gasteiger partial charge in [0.25, 0.3) is 5.91 Å². The summed E-state index contributed by atoms with van der Waals surface area (Å²) in [4.78, 5) is 38.1. The van der Waals surface area contributed by atoms with Crippen molar-refractivity contribution in [1.82, 2.24) is 25.3 Å². The molecule has 30 heavy (non-hydrogen) atoms. The van der Waals surface area contributed by atoms with E-state index in [0.29, 0.717) is 25.1 Å². The van der Waals surface area contributed by atoms with Crippen LogP contribution in [0, 0.1) is 0 Å². The fraction of sp³-hybridized carbons (Fsp3) is 0.429. The molecule has 1 fully saturated rings. The Balaban J connectivity index is 1.31. The molecule has 3 aliphatic heterocycles. The Morgan fingerprint density at radius 2 is 2.10 bits per heavy atom. The number of benzene rings is 1. The van der Waals surface area contributed by atoms with Gasteiger partial charge in [0.15, 0.2) is 0 Å². The number of nitrogens with zero attached hydrogens (tertiary/aromatic N) is 3. The third-order valence-corrected chi connectivity index (χ3v) is 6.12. The van der Waals surface area contributed by atoms with Crippen LogP contribution >= 0.6 is 0 Å². The topological polar surface area (TPSA) is 108 Å². The summed E-state index contributed by atoms with van der Waals surface area (Å²) in [6.07, 6.45) is 1.56. The number of imide groups is 1. The number of carbonyl (C=O) groups excluding carboxylic acids is 3. The highest BCUT2D eigenvalue weighted by Gasteiger charge is 2.39. The fourth-order valence-corrected chi connectivity index (χ4v) is 4.55. The van der Waals surface area contributed by atoms with Gasteiger partial charge >= 0.3 is 0 Å². The lowest BCUT2D eigenvalue weighted by Crippen LogP contribution is -2.52. The average molecular weight is 408 g/mol. The van der Waals surface area contributed by atoms with E-state index in [0.717, 1.165) is 42.1 Å². The molecule has 1 atom stereocenters. The van der Waals surface area contributed by atoms with Crippen LogP contribution in [-0.4, -0.2) is 45.0 Å². The van der Waals surface area contributed by atoms with Crippen LogP contribution in [0.15, 0.2) is 18.2 Å². The first-order chi connectivity index (χ1) is 14.5. The normalized spacial score (nSPS) is 20.8. The van der Waals surface area contributed by atoms with E-state index in [9.17, 15) is 14.4 Å². The number of rotatable bonds is 4. The second kappa shape index (κ2) is 7.24. The Morgan fingerprint density at radius 1 is 1.23 bits per heavy atom. The third-order valence-electron chi connectivity index (χ3n) is 6.12. The van der Waals surface area contributed by atoms with Gasteiger partial charge in [0.05, 0.1) is 5.69 Å². The monoisotopic (exact) mass is 408 g/mol. The average Bonchev–Trinajstić information content (AvgIpc) is 3.22. The first-order valence-electron chi connectivity index (χ1n) is 10.3. The molecule has 9 nitrogen and oxygen atoms in total. The summed E-state index contributed by atoms with van der Waals surface area (Å²) < 4.78 is 1.88. The minimum atomic E-state index is -0.586. The van der Waals surface area contributed by atoms with E-state index in [4.69, 9.17) is 0 Å². The van der Waals surface area contributed by atoms with Gasteiger partial charge in [0.2, 0.25) is 11.8 Å². The van der Waals surface area contributed by atoms with Crippen LogP contribution < -0.4 is 16.0 Å². The van der Waals surface area contributed by atoms with E-state index in [1.807, 2.05) is 29.9 Å². The maximum atomic E-state index is 13.0. The molecule has 1 unspecified atom stereocenters. The highest BCUT2D eigenvalue weighted by atomic mass is 16.2. The number of nitrogens with one attached hydrogen (secondary N) is 3. The van der Waals surface area contributed by atoms with Crippen LogP contribution in [0.5, 0.6) is 0 Å². The molecule has 4 heterocycles. The zero-order chi connectivity index (χ0) is 20.8. The van der Waals surface area contributed by atoms with Gasteiger partial charge in [-0.15, -0.1) is 0 Å². The molecule has 3 N–H and O–H groups in total. The quantitative estimate of drug-likeness (QED) is 0.634. The number of fused-ring (bicyclic) bond motifs is 2. The fourth-order valence-electron chi connectivity index (χ4n) is 4.55. The Labute approximate surface area is 173 Å². The van der Waals surface area contributed by atoms with Gasteiger partial charge in [-0.2, -0.15) is 5.10 Å². The van der Waals surface area contributed by atoms with Gasteiger partial charge in [0, 0.05) is 57.2 Å². The molecule has 1 aromatic carbocycles. The minimum Gasteiger partial charge on any atom is -0.366 e. The van der Waals surface area contributed by atoms with Gasteiger partial charge < -0.3 is 15.5 Å². The highest BCUT2D eigenvalue weighted by Crippen LogP contribution is 2.29. The molecule has 3 amide bonds. The molecule has 0 aliphatic carbocycles. The number of piperidine rings is 1. The molecule has 1 aromatic heterocycles. The lowest BCUT2D eigenvalue weighted by molar-refractivity contribution is -0.136. The summed E-state index contributed by atoms with van der Waals surface area (Å²) in [6, 6.07) is 5.28. The number of aromatic nitrogens is 2. The van der Waals surface area contributed by atoms with Gasteiger partial charge in [-0.25, -0.2) is 0 Å². The van der Waals surface area contributed by atoms with Crippen molar-refractivity contribution in [2.75, 3.05) is 11.9 Å². The van der Waals surface area contributed by atoms with E-state index >= 15 is 0 Å². The van der Waals surface area contributed by atoms with Crippen molar-refractivity contribution in [2.24, 2.45) is 7.05 Å². The van der Waals surface area contributed by atoms with Crippen molar-refractivity contribution in [3.8, 4) is 0 Å². The Hall–Kier alpha value is -3.20. The van der Waals surface area contributed by atoms with Crippen LogP contribution in [-0.2, 0) is 42.7 Å². The largest absolute Gasteiger partial charge is 0.366 e. The molecule has 1 saturated heterocycles. The smallest absolute Gasteiger partial charge is 0.255 e. The van der Waals surface area contributed by atoms with Crippen molar-refractivity contribution in [2.45, 2.75) is 44.9 Å². The molecule has 5 rings (SSSR count). The van der Waals surface area contributed by atoms with E-state index in [-0.39, 0.29) is 24.1 Å². The van der Waals surface area contributed by atoms with Crippen molar-refractivity contribution in [1.29, 1.82) is 0 Å². The van der Waals surface area contributed by atoms with E-state index < -0.39 is 6.04 Å². The zero-order valence-corrected chi connectivity index (χ0v) is 16.8. The highest BCUT2D eigenvalue weighted by molar-refractivity contribution is 6.05. The predicted molar refractivity (Wildman–Crippen MR) is 108 cm³/mol. The summed E-state index contributed by atoms with van der Waals surface area (Å²) in [5.41, 5.74) is 4.86. The van der Waals surface area contributed by atoms with E-state index in [1.165, 1.54) is 5.56 Å². The third kappa shape index (κ3) is 3.15. The zero-order valence-electron chi connectivity index (χ0n) is 16.8. The molecule has 0 radical (unpaired) electrons. The summed E-state index contributed by atoms with van der Waals surface area (Å²) >= 11 is 0. The molecule has 0 spiro atoms. The number of amides is 3. The molecular formula is C21H24N6O3. The van der Waals surface area contributed by atoms with E-state index in [1.54, 1.807) is 4.90 Å². The van der Waals surface area contributed by atoms with Gasteiger partial charge in [-0.05, 0) is 23.6 Å². The number of hydrogen-bond donors (Lipinski definition) is 3. The summed E-state index contributed by atoms with van der Waals surface area (Å²) in [5, 5.41) is 13.8. The number of carbonyl (C=O) groups is 3. The Kier molecular flexibility index (Phi) is 4.54. The second-order valence-electron chi connectivity index (χ2n) is 8.07. The van der Waals surface area contributed by atoms with Gasteiger partial charge in [-0.3, -0.25) is 24.4 Å². The molecule has 3 aliphatic rings. The molecule has 0 bridgehead atoms. The van der Waals surface area contributed by atoms with Crippen LogP contribution in [0.2, 0.25) is 0 Å². The van der Waals surface area contributed by atoms with Gasteiger partial charge in [0.1, 0.15) is 11.9 Å². The van der Waals surface area contributed by atoms with E-state index in [2.05, 4.69) is 21.0 Å². The first kappa shape index (κ1) is 18.8. The maximum absolute atomic E-state index is 13.0. The number of hydrogen-bond acceptors (Lipinski definition) is 6. The minimum absolute atomic E-state index is 0.150. The Morgan fingerprint density at radius 3 is 2.93 bits per heavy atom. The molecular weight excluding hydrogens is 384 g/mol. The number of aryl methyl sites for hydroxylation is 1. The molecule has 9 heteroatoms. The first-order valence-corrected chi connectivity index (χ1v) is 10.3. The van der Waals surface area contributed by atoms with Crippen LogP contribution in [0.1, 0.15) is 45.6 Å². The summed E-state index contributed by atoms with van der Waals surface area (Å²) in [5.74, 6) is 0.183. The standard InChI is InChI=1S/C21H24N6O3/c1-26-19(15-10-22-7-6-16(15)25-26)23-9-12-2-3-13-11-27(21(30)14(13)8-12)17-4-5-18(28)24-20(17)29/h2-3,8,17,22-23H,4-7,9-11H2,1H3,(H,24,28,29). The SMILES string of the molecule is Cn1nc2c(c1NCc1ccc3c(c1)C(=O)N(C1CCC(=O)NC1=O)C3)CNCC2. The molecule has 156 valence electrons. The second-order valence-corrected chi connectivity index (χ2v) is 8.07. The molecule has 0 saturated carbocycles. The molecule has 2 aromatic rings. The lowest BCUT2D eigenvalue weighted by Gasteiger charge is -2.29.